The van der Waals surface area contributed by atoms with Gasteiger partial charge in [-0.25, -0.2) is 0 Å². The van der Waals surface area contributed by atoms with Gasteiger partial charge in [-0.2, -0.15) is 11.8 Å². The second-order valence-electron chi connectivity index (χ2n) is 3.73. The van der Waals surface area contributed by atoms with Gasteiger partial charge in [0, 0.05) is 23.6 Å². The number of amides is 1. The highest BCUT2D eigenvalue weighted by molar-refractivity contribution is 8.00. The lowest BCUT2D eigenvalue weighted by Gasteiger charge is -2.22. The highest BCUT2D eigenvalue weighted by Gasteiger charge is 2.31. The quantitative estimate of drug-likeness (QED) is 0.596. The van der Waals surface area contributed by atoms with Crippen LogP contribution < -0.4 is 0 Å². The van der Waals surface area contributed by atoms with Gasteiger partial charge < -0.3 is 4.90 Å². The van der Waals surface area contributed by atoms with Crippen LogP contribution >= 0.6 is 11.8 Å². The molecule has 2 aliphatic rings. The van der Waals surface area contributed by atoms with E-state index in [1.807, 2.05) is 4.90 Å². The first-order valence-corrected chi connectivity index (χ1v) is 5.80. The van der Waals surface area contributed by atoms with Crippen molar-refractivity contribution in [3.8, 4) is 0 Å². The molecule has 13 heavy (non-hydrogen) atoms. The number of carbonyl (C=O) groups is 1. The molecule has 2 heterocycles. The Morgan fingerprint density at radius 1 is 1.38 bits per heavy atom. The standard InChI is InChI=1S/C10H15NOS/c1-2-10(12)11-6-5-8-3-4-9(7-11)13-8/h2,8-9H,1,3-7H2. The van der Waals surface area contributed by atoms with Crippen LogP contribution in [0.5, 0.6) is 0 Å². The van der Waals surface area contributed by atoms with Gasteiger partial charge in [0.15, 0.2) is 0 Å². The first-order chi connectivity index (χ1) is 6.29. The third kappa shape index (κ3) is 1.90. The number of likely N-dealkylation sites (tertiary alicyclic amines) is 1. The highest BCUT2D eigenvalue weighted by atomic mass is 32.2. The third-order valence-electron chi connectivity index (χ3n) is 2.83. The number of thioether (sulfide) groups is 1. The molecule has 2 atom stereocenters. The monoisotopic (exact) mass is 197 g/mol. The van der Waals surface area contributed by atoms with E-state index in [1.165, 1.54) is 25.3 Å². The molecule has 2 bridgehead atoms. The number of hydrogen-bond acceptors (Lipinski definition) is 2. The summed E-state index contributed by atoms with van der Waals surface area (Å²) >= 11 is 2.08. The number of nitrogens with zero attached hydrogens (tertiary/aromatic N) is 1. The van der Waals surface area contributed by atoms with Crippen LogP contribution in [-0.4, -0.2) is 34.4 Å². The van der Waals surface area contributed by atoms with Crippen molar-refractivity contribution < 1.29 is 4.79 Å². The van der Waals surface area contributed by atoms with E-state index < -0.39 is 0 Å². The lowest BCUT2D eigenvalue weighted by atomic mass is 10.1. The largest absolute Gasteiger partial charge is 0.338 e. The summed E-state index contributed by atoms with van der Waals surface area (Å²) in [4.78, 5) is 13.3. The molecule has 0 N–H and O–H groups in total. The van der Waals surface area contributed by atoms with Crippen molar-refractivity contribution in [3.63, 3.8) is 0 Å². The molecule has 0 saturated carbocycles. The Morgan fingerprint density at radius 2 is 2.15 bits per heavy atom. The Bertz CT molecular complexity index is 229. The maximum atomic E-state index is 11.4. The Labute approximate surface area is 83.4 Å². The molecule has 3 heteroatoms. The minimum Gasteiger partial charge on any atom is -0.338 e. The molecule has 0 spiro atoms. The zero-order valence-electron chi connectivity index (χ0n) is 7.74. The van der Waals surface area contributed by atoms with Crippen molar-refractivity contribution in [3.05, 3.63) is 12.7 Å². The molecule has 2 aliphatic heterocycles. The molecule has 2 nitrogen and oxygen atoms in total. The van der Waals surface area contributed by atoms with Crippen LogP contribution in [0.4, 0.5) is 0 Å². The molecule has 2 saturated heterocycles. The van der Waals surface area contributed by atoms with Gasteiger partial charge in [0.05, 0.1) is 0 Å². The zero-order chi connectivity index (χ0) is 9.26. The Hall–Kier alpha value is -0.440. The van der Waals surface area contributed by atoms with Gasteiger partial charge in [0.2, 0.25) is 5.91 Å². The fourth-order valence-corrected chi connectivity index (χ4v) is 3.69. The summed E-state index contributed by atoms with van der Waals surface area (Å²) in [7, 11) is 0. The van der Waals surface area contributed by atoms with Gasteiger partial charge in [0.1, 0.15) is 0 Å². The molecule has 0 aromatic carbocycles. The predicted octanol–water partition coefficient (Wildman–Crippen LogP) is 1.67. The molecule has 2 fully saturated rings. The second-order valence-corrected chi connectivity index (χ2v) is 5.34. The molecule has 72 valence electrons. The highest BCUT2D eigenvalue weighted by Crippen LogP contribution is 2.38. The van der Waals surface area contributed by atoms with Gasteiger partial charge in [-0.05, 0) is 25.3 Å². The van der Waals surface area contributed by atoms with E-state index in [0.717, 1.165) is 18.3 Å². The summed E-state index contributed by atoms with van der Waals surface area (Å²) in [6.45, 7) is 5.40. The van der Waals surface area contributed by atoms with E-state index in [9.17, 15) is 4.79 Å². The maximum absolute atomic E-state index is 11.4. The molecule has 0 aromatic rings. The van der Waals surface area contributed by atoms with E-state index in [-0.39, 0.29) is 5.91 Å². The van der Waals surface area contributed by atoms with Crippen molar-refractivity contribution in [2.75, 3.05) is 13.1 Å². The van der Waals surface area contributed by atoms with E-state index in [1.54, 1.807) is 0 Å². The van der Waals surface area contributed by atoms with Crippen molar-refractivity contribution in [1.29, 1.82) is 0 Å². The fourth-order valence-electron chi connectivity index (χ4n) is 2.09. The molecular weight excluding hydrogens is 182 g/mol. The zero-order valence-corrected chi connectivity index (χ0v) is 8.55. The Balaban J connectivity index is 2.00. The van der Waals surface area contributed by atoms with Crippen LogP contribution in [0.2, 0.25) is 0 Å². The minimum absolute atomic E-state index is 0.105. The summed E-state index contributed by atoms with van der Waals surface area (Å²) in [5.41, 5.74) is 0. The second kappa shape index (κ2) is 3.74. The lowest BCUT2D eigenvalue weighted by Crippen LogP contribution is -2.35. The van der Waals surface area contributed by atoms with Crippen LogP contribution in [0.3, 0.4) is 0 Å². The van der Waals surface area contributed by atoms with Gasteiger partial charge in [-0.15, -0.1) is 0 Å². The third-order valence-corrected chi connectivity index (χ3v) is 4.45. The van der Waals surface area contributed by atoms with Gasteiger partial charge in [-0.1, -0.05) is 6.58 Å². The van der Waals surface area contributed by atoms with Gasteiger partial charge >= 0.3 is 0 Å². The first kappa shape index (κ1) is 9.13. The van der Waals surface area contributed by atoms with Gasteiger partial charge in [0.25, 0.3) is 0 Å². The van der Waals surface area contributed by atoms with Crippen LogP contribution in [0.25, 0.3) is 0 Å². The molecule has 0 radical (unpaired) electrons. The van der Waals surface area contributed by atoms with E-state index >= 15 is 0 Å². The predicted molar refractivity (Wildman–Crippen MR) is 55.8 cm³/mol. The minimum atomic E-state index is 0.105. The Morgan fingerprint density at radius 3 is 2.92 bits per heavy atom. The summed E-state index contributed by atoms with van der Waals surface area (Å²) in [6, 6.07) is 0. The maximum Gasteiger partial charge on any atom is 0.245 e. The molecule has 2 unspecified atom stereocenters. The summed E-state index contributed by atoms with van der Waals surface area (Å²) < 4.78 is 0. The summed E-state index contributed by atoms with van der Waals surface area (Å²) in [5.74, 6) is 0.105. The number of rotatable bonds is 1. The van der Waals surface area contributed by atoms with Crippen LogP contribution in [0, 0.1) is 0 Å². The fraction of sp³-hybridized carbons (Fsp3) is 0.700. The molecule has 2 rings (SSSR count). The topological polar surface area (TPSA) is 20.3 Å². The van der Waals surface area contributed by atoms with Crippen molar-refractivity contribution in [1.82, 2.24) is 4.90 Å². The first-order valence-electron chi connectivity index (χ1n) is 4.86. The summed E-state index contributed by atoms with van der Waals surface area (Å²) in [6.07, 6.45) is 5.24. The molecule has 1 amide bonds. The smallest absolute Gasteiger partial charge is 0.245 e. The van der Waals surface area contributed by atoms with Crippen LogP contribution in [0.1, 0.15) is 19.3 Å². The number of carbonyl (C=O) groups excluding carboxylic acids is 1. The van der Waals surface area contributed by atoms with Crippen molar-refractivity contribution in [2.24, 2.45) is 0 Å². The van der Waals surface area contributed by atoms with E-state index in [4.69, 9.17) is 0 Å². The van der Waals surface area contributed by atoms with Crippen molar-refractivity contribution in [2.45, 2.75) is 29.8 Å². The number of fused-ring (bicyclic) bond motifs is 2. The van der Waals surface area contributed by atoms with Gasteiger partial charge in [-0.3, -0.25) is 4.79 Å². The van der Waals surface area contributed by atoms with Crippen molar-refractivity contribution >= 4 is 17.7 Å². The average molecular weight is 197 g/mol. The Kier molecular flexibility index (Phi) is 2.63. The number of hydrogen-bond donors (Lipinski definition) is 0. The van der Waals surface area contributed by atoms with E-state index in [2.05, 4.69) is 18.3 Å². The molecular formula is C10H15NOS. The normalized spacial score (nSPS) is 32.8. The lowest BCUT2D eigenvalue weighted by molar-refractivity contribution is -0.126. The van der Waals surface area contributed by atoms with E-state index in [0.29, 0.717) is 5.25 Å². The average Bonchev–Trinajstić information content (AvgIpc) is 2.45. The summed E-state index contributed by atoms with van der Waals surface area (Å²) in [5, 5.41) is 1.50. The van der Waals surface area contributed by atoms with Crippen LogP contribution in [0.15, 0.2) is 12.7 Å². The molecule has 0 aliphatic carbocycles. The molecule has 0 aromatic heterocycles. The van der Waals surface area contributed by atoms with Crippen LogP contribution in [-0.2, 0) is 4.79 Å². The SMILES string of the molecule is C=CC(=O)N1CCC2CCC(C1)S2.